The first-order chi connectivity index (χ1) is 4.20. The molecule has 0 N–H and O–H groups in total. The zero-order chi connectivity index (χ0) is 6.85. The van der Waals surface area contributed by atoms with E-state index >= 15 is 0 Å². The SMILES string of the molecule is [B]c1ccc(C(C)=O)o1. The molecule has 0 saturated heterocycles. The standard InChI is InChI=1S/C6H5BO2/c1-4(8)5-2-3-6(7)9-5/h2-3H,1H3. The fraction of sp³-hybridized carbons (Fsp3) is 0.167. The highest BCUT2D eigenvalue weighted by molar-refractivity contribution is 6.30. The predicted octanol–water partition coefficient (Wildman–Crippen LogP) is 0.276. The topological polar surface area (TPSA) is 30.2 Å². The van der Waals surface area contributed by atoms with Gasteiger partial charge in [-0.1, -0.05) is 0 Å². The van der Waals surface area contributed by atoms with Gasteiger partial charge in [-0.3, -0.25) is 4.79 Å². The van der Waals surface area contributed by atoms with Gasteiger partial charge in [0.25, 0.3) is 0 Å². The Morgan fingerprint density at radius 1 is 1.67 bits per heavy atom. The summed E-state index contributed by atoms with van der Waals surface area (Å²) in [5.74, 6) is 0.208. The van der Waals surface area contributed by atoms with Crippen molar-refractivity contribution in [3.05, 3.63) is 17.9 Å². The van der Waals surface area contributed by atoms with Crippen molar-refractivity contribution >= 4 is 19.3 Å². The van der Waals surface area contributed by atoms with Gasteiger partial charge in [0.05, 0.1) is 0 Å². The molecular formula is C6H5BO2. The minimum atomic E-state index is -0.105. The van der Waals surface area contributed by atoms with Gasteiger partial charge in [0, 0.05) is 12.6 Å². The molecule has 2 radical (unpaired) electrons. The first-order valence-electron chi connectivity index (χ1n) is 2.56. The van der Waals surface area contributed by atoms with Crippen LogP contribution in [0.15, 0.2) is 16.5 Å². The highest BCUT2D eigenvalue weighted by Gasteiger charge is 2.00. The summed E-state index contributed by atoms with van der Waals surface area (Å²) in [5, 5.41) is 0. The summed E-state index contributed by atoms with van der Waals surface area (Å²) >= 11 is 0. The van der Waals surface area contributed by atoms with Crippen LogP contribution in [-0.2, 0) is 0 Å². The molecule has 9 heavy (non-hydrogen) atoms. The molecule has 0 aliphatic heterocycles. The lowest BCUT2D eigenvalue weighted by atomic mass is 10.1. The number of carbonyl (C=O) groups is 1. The molecule has 0 fully saturated rings. The zero-order valence-electron chi connectivity index (χ0n) is 5.05. The Labute approximate surface area is 54.3 Å². The predicted molar refractivity (Wildman–Crippen MR) is 34.1 cm³/mol. The highest BCUT2D eigenvalue weighted by atomic mass is 16.3. The van der Waals surface area contributed by atoms with Gasteiger partial charge in [-0.05, 0) is 12.1 Å². The van der Waals surface area contributed by atoms with E-state index in [0.29, 0.717) is 5.76 Å². The molecule has 0 amide bonds. The number of hydrogen-bond donors (Lipinski definition) is 0. The summed E-state index contributed by atoms with van der Waals surface area (Å²) in [6.45, 7) is 1.43. The first-order valence-corrected chi connectivity index (χ1v) is 2.56. The molecule has 1 heterocycles. The number of rotatable bonds is 1. The van der Waals surface area contributed by atoms with Crippen LogP contribution in [0.25, 0.3) is 0 Å². The van der Waals surface area contributed by atoms with Crippen molar-refractivity contribution in [3.63, 3.8) is 0 Å². The van der Waals surface area contributed by atoms with Crippen LogP contribution in [0.3, 0.4) is 0 Å². The lowest BCUT2D eigenvalue weighted by Crippen LogP contribution is -1.95. The number of furan rings is 1. The molecule has 44 valence electrons. The van der Waals surface area contributed by atoms with Crippen molar-refractivity contribution in [2.75, 3.05) is 0 Å². The van der Waals surface area contributed by atoms with Crippen LogP contribution in [0, 0.1) is 0 Å². The second kappa shape index (κ2) is 2.09. The van der Waals surface area contributed by atoms with Crippen molar-refractivity contribution in [2.45, 2.75) is 6.92 Å². The molecule has 0 aliphatic carbocycles. The molecule has 3 heteroatoms. The van der Waals surface area contributed by atoms with E-state index in [2.05, 4.69) is 0 Å². The molecule has 1 rings (SSSR count). The molecule has 0 unspecified atom stereocenters. The normalized spacial score (nSPS) is 9.44. The largest absolute Gasteiger partial charge is 0.470 e. The van der Waals surface area contributed by atoms with E-state index in [-0.39, 0.29) is 11.4 Å². The van der Waals surface area contributed by atoms with Gasteiger partial charge in [0.15, 0.2) is 19.4 Å². The summed E-state index contributed by atoms with van der Waals surface area (Å²) < 4.78 is 4.77. The van der Waals surface area contributed by atoms with E-state index in [9.17, 15) is 4.79 Å². The van der Waals surface area contributed by atoms with Crippen molar-refractivity contribution in [3.8, 4) is 0 Å². The fourth-order valence-electron chi connectivity index (χ4n) is 0.542. The lowest BCUT2D eigenvalue weighted by Gasteiger charge is -1.83. The quantitative estimate of drug-likeness (QED) is 0.393. The van der Waals surface area contributed by atoms with Gasteiger partial charge >= 0.3 is 0 Å². The van der Waals surface area contributed by atoms with Crippen LogP contribution < -0.4 is 5.66 Å². The summed E-state index contributed by atoms with van der Waals surface area (Å²) in [4.78, 5) is 10.5. The number of carbonyl (C=O) groups excluding carboxylic acids is 1. The second-order valence-corrected chi connectivity index (χ2v) is 1.76. The van der Waals surface area contributed by atoms with Crippen LogP contribution in [0.5, 0.6) is 0 Å². The smallest absolute Gasteiger partial charge is 0.194 e. The van der Waals surface area contributed by atoms with Crippen molar-refractivity contribution < 1.29 is 9.21 Å². The first kappa shape index (κ1) is 6.14. The van der Waals surface area contributed by atoms with E-state index in [1.807, 2.05) is 0 Å². The third kappa shape index (κ3) is 1.22. The third-order valence-corrected chi connectivity index (χ3v) is 0.974. The summed E-state index contributed by atoms with van der Waals surface area (Å²) in [5.41, 5.74) is 0.278. The lowest BCUT2D eigenvalue weighted by molar-refractivity contribution is 0.0989. The maximum absolute atomic E-state index is 10.5. The van der Waals surface area contributed by atoms with Gasteiger partial charge in [-0.25, -0.2) is 0 Å². The molecule has 0 spiro atoms. The maximum Gasteiger partial charge on any atom is 0.194 e. The van der Waals surface area contributed by atoms with E-state index in [1.165, 1.54) is 6.92 Å². The van der Waals surface area contributed by atoms with Gasteiger partial charge in [0.2, 0.25) is 0 Å². The van der Waals surface area contributed by atoms with Crippen molar-refractivity contribution in [1.82, 2.24) is 0 Å². The summed E-state index contributed by atoms with van der Waals surface area (Å²) in [6.07, 6.45) is 0. The van der Waals surface area contributed by atoms with E-state index in [0.717, 1.165) is 0 Å². The molecule has 2 nitrogen and oxygen atoms in total. The van der Waals surface area contributed by atoms with E-state index in [4.69, 9.17) is 12.3 Å². The van der Waals surface area contributed by atoms with E-state index < -0.39 is 0 Å². The minimum absolute atomic E-state index is 0.105. The Kier molecular flexibility index (Phi) is 1.43. The Morgan fingerprint density at radius 3 is 2.56 bits per heavy atom. The van der Waals surface area contributed by atoms with Crippen LogP contribution in [-0.4, -0.2) is 13.6 Å². The summed E-state index contributed by atoms with van der Waals surface area (Å²) in [7, 11) is 5.20. The second-order valence-electron chi connectivity index (χ2n) is 1.76. The van der Waals surface area contributed by atoms with Crippen LogP contribution in [0.1, 0.15) is 17.5 Å². The Bertz CT molecular complexity index is 227. The molecule has 0 bridgehead atoms. The molecule has 0 aromatic carbocycles. The van der Waals surface area contributed by atoms with Gasteiger partial charge in [0.1, 0.15) is 0 Å². The zero-order valence-corrected chi connectivity index (χ0v) is 5.05. The average Bonchev–Trinajstić information content (AvgIpc) is 2.14. The third-order valence-electron chi connectivity index (χ3n) is 0.974. The highest BCUT2D eigenvalue weighted by Crippen LogP contribution is 1.96. The number of hydrogen-bond acceptors (Lipinski definition) is 2. The molecular weight excluding hydrogens is 115 g/mol. The molecule has 1 aromatic rings. The Balaban J connectivity index is 2.98. The van der Waals surface area contributed by atoms with Crippen molar-refractivity contribution in [1.29, 1.82) is 0 Å². The van der Waals surface area contributed by atoms with E-state index in [1.54, 1.807) is 12.1 Å². The maximum atomic E-state index is 10.5. The van der Waals surface area contributed by atoms with Crippen LogP contribution >= 0.6 is 0 Å². The minimum Gasteiger partial charge on any atom is -0.470 e. The molecule has 0 aliphatic rings. The van der Waals surface area contributed by atoms with Gasteiger partial charge in [-0.15, -0.1) is 0 Å². The Hall–Kier alpha value is -0.985. The number of Topliss-reactive ketones (excluding diaryl/α,β-unsaturated/α-hetero) is 1. The Morgan fingerprint density at radius 2 is 2.33 bits per heavy atom. The number of ketones is 1. The monoisotopic (exact) mass is 120 g/mol. The molecule has 1 aromatic heterocycles. The van der Waals surface area contributed by atoms with Crippen molar-refractivity contribution in [2.24, 2.45) is 0 Å². The summed E-state index contributed by atoms with van der Waals surface area (Å²) in [6, 6.07) is 3.11. The van der Waals surface area contributed by atoms with Crippen LogP contribution in [0.2, 0.25) is 0 Å². The fourth-order valence-corrected chi connectivity index (χ4v) is 0.542. The van der Waals surface area contributed by atoms with Gasteiger partial charge in [-0.2, -0.15) is 0 Å². The molecule has 0 atom stereocenters. The van der Waals surface area contributed by atoms with Gasteiger partial charge < -0.3 is 4.42 Å². The molecule has 0 saturated carbocycles. The average molecular weight is 120 g/mol. The van der Waals surface area contributed by atoms with Crippen LogP contribution in [0.4, 0.5) is 0 Å².